The van der Waals surface area contributed by atoms with Crippen molar-refractivity contribution in [2.45, 2.75) is 52.2 Å². The molecule has 3 rings (SSSR count). The van der Waals surface area contributed by atoms with Gasteiger partial charge in [-0.25, -0.2) is 0 Å². The maximum Gasteiger partial charge on any atom is 0.306 e. The molecule has 5 nitrogen and oxygen atoms in total. The molecule has 2 aliphatic carbocycles. The van der Waals surface area contributed by atoms with Gasteiger partial charge in [-0.15, -0.1) is 0 Å². The number of nitrogens with zero attached hydrogens (tertiary/aromatic N) is 1. The summed E-state index contributed by atoms with van der Waals surface area (Å²) in [5, 5.41) is 12.8. The van der Waals surface area contributed by atoms with Crippen molar-refractivity contribution < 1.29 is 19.2 Å². The maximum atomic E-state index is 10.8. The molecule has 0 unspecified atom stereocenters. The molecule has 0 amide bonds. The molecule has 1 aromatic heterocycles. The van der Waals surface area contributed by atoms with Crippen LogP contribution in [0, 0.1) is 25.2 Å². The van der Waals surface area contributed by atoms with Crippen LogP contribution in [0.4, 0.5) is 0 Å². The van der Waals surface area contributed by atoms with E-state index >= 15 is 0 Å². The minimum Gasteiger partial charge on any atom is -0.481 e. The molecule has 0 bridgehead atoms. The van der Waals surface area contributed by atoms with Crippen molar-refractivity contribution in [2.24, 2.45) is 11.3 Å². The summed E-state index contributed by atoms with van der Waals surface area (Å²) in [6.45, 7) is 4.36. The first-order valence-electron chi connectivity index (χ1n) is 6.75. The SMILES string of the molecule is Cc1noc(C)c1COC1CC2(C1)CC(C(=O)O)C2. The first kappa shape index (κ1) is 12.7. The molecule has 1 heterocycles. The summed E-state index contributed by atoms with van der Waals surface area (Å²) in [7, 11) is 0. The second-order valence-corrected chi connectivity index (χ2v) is 6.09. The molecule has 1 aromatic rings. The largest absolute Gasteiger partial charge is 0.481 e. The number of carboxylic acids is 1. The van der Waals surface area contributed by atoms with Gasteiger partial charge >= 0.3 is 5.97 Å². The normalized spacial score (nSPS) is 32.9. The van der Waals surface area contributed by atoms with Crippen molar-refractivity contribution in [3.63, 3.8) is 0 Å². The Kier molecular flexibility index (Phi) is 2.89. The summed E-state index contributed by atoms with van der Waals surface area (Å²) in [6.07, 6.45) is 3.92. The molecule has 2 saturated carbocycles. The first-order valence-corrected chi connectivity index (χ1v) is 6.75. The van der Waals surface area contributed by atoms with Gasteiger partial charge in [0.2, 0.25) is 0 Å². The topological polar surface area (TPSA) is 72.6 Å². The van der Waals surface area contributed by atoms with Crippen LogP contribution in [0.25, 0.3) is 0 Å². The third kappa shape index (κ3) is 2.16. The van der Waals surface area contributed by atoms with E-state index < -0.39 is 5.97 Å². The Bertz CT molecular complexity index is 474. The fourth-order valence-electron chi connectivity index (χ4n) is 3.43. The number of hydrogen-bond donors (Lipinski definition) is 1. The Morgan fingerprint density at radius 1 is 1.42 bits per heavy atom. The maximum absolute atomic E-state index is 10.8. The zero-order chi connectivity index (χ0) is 13.6. The van der Waals surface area contributed by atoms with Gasteiger partial charge in [0.15, 0.2) is 0 Å². The van der Waals surface area contributed by atoms with Crippen LogP contribution < -0.4 is 0 Å². The number of aromatic nitrogens is 1. The molecule has 0 aliphatic heterocycles. The molecule has 104 valence electrons. The Morgan fingerprint density at radius 3 is 2.63 bits per heavy atom. The molecular weight excluding hydrogens is 246 g/mol. The molecule has 19 heavy (non-hydrogen) atoms. The molecule has 0 radical (unpaired) electrons. The van der Waals surface area contributed by atoms with Crippen molar-refractivity contribution in [3.8, 4) is 0 Å². The van der Waals surface area contributed by atoms with Crippen LogP contribution in [0.2, 0.25) is 0 Å². The van der Waals surface area contributed by atoms with Gasteiger partial charge < -0.3 is 14.4 Å². The van der Waals surface area contributed by atoms with Crippen LogP contribution in [0.15, 0.2) is 4.52 Å². The number of rotatable bonds is 4. The minimum atomic E-state index is -0.647. The second-order valence-electron chi connectivity index (χ2n) is 6.09. The van der Waals surface area contributed by atoms with Crippen LogP contribution in [-0.2, 0) is 16.1 Å². The summed E-state index contributed by atoms with van der Waals surface area (Å²) in [4.78, 5) is 10.8. The smallest absolute Gasteiger partial charge is 0.306 e. The highest BCUT2D eigenvalue weighted by Crippen LogP contribution is 2.59. The fraction of sp³-hybridized carbons (Fsp3) is 0.714. The van der Waals surface area contributed by atoms with Crippen LogP contribution in [0.1, 0.15) is 42.7 Å². The number of aryl methyl sites for hydroxylation is 2. The summed E-state index contributed by atoms with van der Waals surface area (Å²) < 4.78 is 11.0. The third-order valence-corrected chi connectivity index (χ3v) is 4.67. The lowest BCUT2D eigenvalue weighted by Crippen LogP contribution is -2.52. The fourth-order valence-corrected chi connectivity index (χ4v) is 3.43. The molecule has 0 aromatic carbocycles. The second kappa shape index (κ2) is 4.34. The molecule has 0 saturated heterocycles. The van der Waals surface area contributed by atoms with Gasteiger partial charge in [-0.05, 0) is 44.9 Å². The highest BCUT2D eigenvalue weighted by Gasteiger charge is 2.55. The van der Waals surface area contributed by atoms with E-state index in [0.29, 0.717) is 6.61 Å². The van der Waals surface area contributed by atoms with Crippen LogP contribution in [-0.4, -0.2) is 22.3 Å². The number of carboxylic acid groups (broad SMARTS) is 1. The van der Waals surface area contributed by atoms with Crippen LogP contribution in [0.5, 0.6) is 0 Å². The van der Waals surface area contributed by atoms with Crippen molar-refractivity contribution in [1.29, 1.82) is 0 Å². The number of hydrogen-bond acceptors (Lipinski definition) is 4. The quantitative estimate of drug-likeness (QED) is 0.905. The highest BCUT2D eigenvalue weighted by atomic mass is 16.5. The average Bonchev–Trinajstić information content (AvgIpc) is 2.54. The van der Waals surface area contributed by atoms with E-state index in [1.165, 1.54) is 0 Å². The molecule has 2 fully saturated rings. The predicted octanol–water partition coefficient (Wildman–Crippen LogP) is 2.45. The summed E-state index contributed by atoms with van der Waals surface area (Å²) in [5.74, 6) is 0.0512. The van der Waals surface area contributed by atoms with Crippen molar-refractivity contribution >= 4 is 5.97 Å². The van der Waals surface area contributed by atoms with E-state index in [-0.39, 0.29) is 17.4 Å². The lowest BCUT2D eigenvalue weighted by Gasteiger charge is -2.56. The van der Waals surface area contributed by atoms with Gasteiger partial charge in [0.1, 0.15) is 5.76 Å². The van der Waals surface area contributed by atoms with Gasteiger partial charge in [0.05, 0.1) is 24.3 Å². The van der Waals surface area contributed by atoms with Crippen molar-refractivity contribution in [2.75, 3.05) is 0 Å². The lowest BCUT2D eigenvalue weighted by atomic mass is 9.50. The summed E-state index contributed by atoms with van der Waals surface area (Å²) in [5.41, 5.74) is 2.20. The molecule has 1 N–H and O–H groups in total. The van der Waals surface area contributed by atoms with Crippen molar-refractivity contribution in [3.05, 3.63) is 17.0 Å². The van der Waals surface area contributed by atoms with E-state index in [4.69, 9.17) is 14.4 Å². The first-order chi connectivity index (χ1) is 8.99. The van der Waals surface area contributed by atoms with E-state index in [1.807, 2.05) is 13.8 Å². The molecule has 5 heteroatoms. The molecule has 0 atom stereocenters. The van der Waals surface area contributed by atoms with Gasteiger partial charge in [0.25, 0.3) is 0 Å². The monoisotopic (exact) mass is 265 g/mol. The van der Waals surface area contributed by atoms with Crippen LogP contribution >= 0.6 is 0 Å². The zero-order valence-electron chi connectivity index (χ0n) is 11.3. The summed E-state index contributed by atoms with van der Waals surface area (Å²) >= 11 is 0. The lowest BCUT2D eigenvalue weighted by molar-refractivity contribution is -0.171. The number of carbonyl (C=O) groups is 1. The Balaban J connectivity index is 1.45. The van der Waals surface area contributed by atoms with Gasteiger partial charge in [0, 0.05) is 5.56 Å². The van der Waals surface area contributed by atoms with E-state index in [9.17, 15) is 4.79 Å². The minimum absolute atomic E-state index is 0.122. The third-order valence-electron chi connectivity index (χ3n) is 4.67. The predicted molar refractivity (Wildman–Crippen MR) is 66.6 cm³/mol. The van der Waals surface area contributed by atoms with Gasteiger partial charge in [-0.1, -0.05) is 5.16 Å². The Hall–Kier alpha value is -1.36. The standard InChI is InChI=1S/C14H19NO4/c1-8-12(9(2)19-15-8)7-18-11-5-14(6-11)3-10(4-14)13(16)17/h10-11H,3-7H2,1-2H3,(H,16,17). The number of ether oxygens (including phenoxy) is 1. The Morgan fingerprint density at radius 2 is 2.11 bits per heavy atom. The van der Waals surface area contributed by atoms with Gasteiger partial charge in [-0.3, -0.25) is 4.79 Å². The number of aliphatic carboxylic acids is 1. The Labute approximate surface area is 111 Å². The molecule has 2 aliphatic rings. The highest BCUT2D eigenvalue weighted by molar-refractivity contribution is 5.71. The zero-order valence-corrected chi connectivity index (χ0v) is 11.3. The van der Waals surface area contributed by atoms with E-state index in [1.54, 1.807) is 0 Å². The summed E-state index contributed by atoms with van der Waals surface area (Å²) in [6, 6.07) is 0. The van der Waals surface area contributed by atoms with Crippen molar-refractivity contribution in [1.82, 2.24) is 5.16 Å². The molecule has 1 spiro atoms. The van der Waals surface area contributed by atoms with Crippen LogP contribution in [0.3, 0.4) is 0 Å². The van der Waals surface area contributed by atoms with E-state index in [2.05, 4.69) is 5.16 Å². The van der Waals surface area contributed by atoms with Gasteiger partial charge in [-0.2, -0.15) is 0 Å². The van der Waals surface area contributed by atoms with E-state index in [0.717, 1.165) is 42.7 Å². The molecular formula is C14H19NO4. The average molecular weight is 265 g/mol.